The fourth-order valence-electron chi connectivity index (χ4n) is 3.05. The van der Waals surface area contributed by atoms with E-state index in [0.29, 0.717) is 0 Å². The molecular weight excluding hydrogens is 369 g/mol. The van der Waals surface area contributed by atoms with Crippen molar-refractivity contribution in [3.05, 3.63) is 107 Å². The van der Waals surface area contributed by atoms with Gasteiger partial charge in [-0.3, -0.25) is 0 Å². The van der Waals surface area contributed by atoms with Crippen LogP contribution >= 0.6 is 0 Å². The summed E-state index contributed by atoms with van der Waals surface area (Å²) in [6.45, 7) is 3.72. The van der Waals surface area contributed by atoms with E-state index in [4.69, 9.17) is 0 Å². The van der Waals surface area contributed by atoms with Gasteiger partial charge in [0.1, 0.15) is 17.5 Å². The SMILES string of the molecule is C=CCCCCc1ccc(C#Cc2cc(F)c(-c3ccc(F)cc3)c(F)c2)cc1. The highest BCUT2D eigenvalue weighted by Gasteiger charge is 2.13. The van der Waals surface area contributed by atoms with Crippen LogP contribution in [0.15, 0.2) is 73.3 Å². The molecule has 0 spiro atoms. The Bertz CT molecular complexity index is 1010. The van der Waals surface area contributed by atoms with Gasteiger partial charge in [0, 0.05) is 11.1 Å². The molecule has 0 fully saturated rings. The Morgan fingerprint density at radius 1 is 0.759 bits per heavy atom. The second-order valence-electron chi connectivity index (χ2n) is 6.80. The average Bonchev–Trinajstić information content (AvgIpc) is 2.71. The Morgan fingerprint density at radius 3 is 2.00 bits per heavy atom. The Hall–Kier alpha value is -3.25. The number of halogens is 3. The number of allylic oxidation sites excluding steroid dienone is 1. The summed E-state index contributed by atoms with van der Waals surface area (Å²) in [5.41, 5.74) is 2.36. The molecule has 3 rings (SSSR count). The van der Waals surface area contributed by atoms with Crippen molar-refractivity contribution in [3.63, 3.8) is 0 Å². The van der Waals surface area contributed by atoms with E-state index >= 15 is 0 Å². The Balaban J connectivity index is 1.73. The molecule has 0 amide bonds. The first-order valence-corrected chi connectivity index (χ1v) is 9.53. The minimum atomic E-state index is -0.726. The molecule has 0 aliphatic heterocycles. The Labute approximate surface area is 169 Å². The molecule has 0 aliphatic carbocycles. The first-order chi connectivity index (χ1) is 14.1. The van der Waals surface area contributed by atoms with Gasteiger partial charge in [0.25, 0.3) is 0 Å². The lowest BCUT2D eigenvalue weighted by Crippen LogP contribution is -1.92. The van der Waals surface area contributed by atoms with E-state index in [1.807, 2.05) is 30.3 Å². The van der Waals surface area contributed by atoms with E-state index in [1.54, 1.807) is 0 Å². The molecule has 146 valence electrons. The second kappa shape index (κ2) is 9.80. The van der Waals surface area contributed by atoms with E-state index in [0.717, 1.165) is 31.2 Å². The zero-order valence-electron chi connectivity index (χ0n) is 16.0. The summed E-state index contributed by atoms with van der Waals surface area (Å²) in [5, 5.41) is 0. The molecule has 0 aliphatic rings. The van der Waals surface area contributed by atoms with Crippen molar-refractivity contribution in [3.8, 4) is 23.0 Å². The van der Waals surface area contributed by atoms with E-state index in [1.165, 1.54) is 42.0 Å². The van der Waals surface area contributed by atoms with Gasteiger partial charge in [-0.05, 0) is 73.2 Å². The maximum absolute atomic E-state index is 14.4. The van der Waals surface area contributed by atoms with Crippen molar-refractivity contribution in [2.75, 3.05) is 0 Å². The summed E-state index contributed by atoms with van der Waals surface area (Å²) in [5.74, 6) is 3.84. The number of hydrogen-bond acceptors (Lipinski definition) is 0. The summed E-state index contributed by atoms with van der Waals surface area (Å²) in [7, 11) is 0. The first-order valence-electron chi connectivity index (χ1n) is 9.53. The molecule has 0 nitrogen and oxygen atoms in total. The van der Waals surface area contributed by atoms with E-state index in [9.17, 15) is 13.2 Å². The van der Waals surface area contributed by atoms with Crippen LogP contribution in [0.4, 0.5) is 13.2 Å². The number of unbranched alkanes of at least 4 members (excludes halogenated alkanes) is 2. The van der Waals surface area contributed by atoms with Crippen molar-refractivity contribution in [1.29, 1.82) is 0 Å². The molecule has 0 N–H and O–H groups in total. The maximum atomic E-state index is 14.4. The normalized spacial score (nSPS) is 10.3. The topological polar surface area (TPSA) is 0 Å². The van der Waals surface area contributed by atoms with Gasteiger partial charge in [-0.1, -0.05) is 42.2 Å². The molecule has 3 heteroatoms. The van der Waals surface area contributed by atoms with Crippen LogP contribution < -0.4 is 0 Å². The summed E-state index contributed by atoms with van der Waals surface area (Å²) < 4.78 is 41.9. The van der Waals surface area contributed by atoms with Crippen LogP contribution in [0.1, 0.15) is 36.0 Å². The third-order valence-corrected chi connectivity index (χ3v) is 4.60. The van der Waals surface area contributed by atoms with Gasteiger partial charge in [-0.15, -0.1) is 6.58 Å². The van der Waals surface area contributed by atoms with Gasteiger partial charge in [-0.2, -0.15) is 0 Å². The zero-order valence-corrected chi connectivity index (χ0v) is 16.0. The van der Waals surface area contributed by atoms with E-state index in [2.05, 4.69) is 18.4 Å². The highest BCUT2D eigenvalue weighted by Crippen LogP contribution is 2.27. The van der Waals surface area contributed by atoms with Gasteiger partial charge in [-0.25, -0.2) is 13.2 Å². The largest absolute Gasteiger partial charge is 0.207 e. The maximum Gasteiger partial charge on any atom is 0.135 e. The average molecular weight is 390 g/mol. The minimum Gasteiger partial charge on any atom is -0.207 e. The smallest absolute Gasteiger partial charge is 0.135 e. The molecule has 0 bridgehead atoms. The van der Waals surface area contributed by atoms with Crippen LogP contribution in [0.25, 0.3) is 11.1 Å². The van der Waals surface area contributed by atoms with Crippen LogP contribution in [0, 0.1) is 29.3 Å². The van der Waals surface area contributed by atoms with E-state index in [-0.39, 0.29) is 16.7 Å². The number of benzene rings is 3. The molecule has 0 unspecified atom stereocenters. The predicted molar refractivity (Wildman–Crippen MR) is 112 cm³/mol. The standard InChI is InChI=1S/C26H21F3/c1-2-3-4-5-6-19-7-9-20(10-8-19)11-12-21-17-24(28)26(25(29)18-21)22-13-15-23(27)16-14-22/h2,7-10,13-18H,1,3-6H2. The van der Waals surface area contributed by atoms with E-state index < -0.39 is 17.5 Å². The Kier molecular flexibility index (Phi) is 6.92. The van der Waals surface area contributed by atoms with Crippen LogP contribution in [-0.2, 0) is 6.42 Å². The van der Waals surface area contributed by atoms with Crippen molar-refractivity contribution in [2.45, 2.75) is 25.7 Å². The Morgan fingerprint density at radius 2 is 1.38 bits per heavy atom. The van der Waals surface area contributed by atoms with Gasteiger partial charge in [0.15, 0.2) is 0 Å². The molecule has 0 atom stereocenters. The van der Waals surface area contributed by atoms with Gasteiger partial charge in [0.2, 0.25) is 0 Å². The monoisotopic (exact) mass is 390 g/mol. The molecule has 0 saturated heterocycles. The minimum absolute atomic E-state index is 0.184. The lowest BCUT2D eigenvalue weighted by Gasteiger charge is -2.06. The van der Waals surface area contributed by atoms with Crippen molar-refractivity contribution in [1.82, 2.24) is 0 Å². The molecule has 3 aromatic rings. The first kappa shape index (κ1) is 20.5. The highest BCUT2D eigenvalue weighted by molar-refractivity contribution is 5.66. The predicted octanol–water partition coefficient (Wildman–Crippen LogP) is 7.07. The third-order valence-electron chi connectivity index (χ3n) is 4.60. The summed E-state index contributed by atoms with van der Waals surface area (Å²) in [6.07, 6.45) is 6.18. The van der Waals surface area contributed by atoms with Gasteiger partial charge in [0.05, 0.1) is 5.56 Å². The van der Waals surface area contributed by atoms with Crippen LogP contribution in [0.2, 0.25) is 0 Å². The number of aryl methyl sites for hydroxylation is 1. The molecule has 0 aromatic heterocycles. The second-order valence-corrected chi connectivity index (χ2v) is 6.80. The molecule has 0 radical (unpaired) electrons. The van der Waals surface area contributed by atoms with Crippen LogP contribution in [0.5, 0.6) is 0 Å². The molecular formula is C26H21F3. The lowest BCUT2D eigenvalue weighted by atomic mass is 10.0. The molecule has 29 heavy (non-hydrogen) atoms. The molecule has 0 saturated carbocycles. The van der Waals surface area contributed by atoms with Crippen molar-refractivity contribution in [2.24, 2.45) is 0 Å². The summed E-state index contributed by atoms with van der Waals surface area (Å²) >= 11 is 0. The summed E-state index contributed by atoms with van der Waals surface area (Å²) in [6, 6.07) is 15.3. The zero-order chi connectivity index (χ0) is 20.6. The fraction of sp³-hybridized carbons (Fsp3) is 0.154. The summed E-state index contributed by atoms with van der Waals surface area (Å²) in [4.78, 5) is 0. The molecule has 3 aromatic carbocycles. The third kappa shape index (κ3) is 5.62. The van der Waals surface area contributed by atoms with Crippen molar-refractivity contribution < 1.29 is 13.2 Å². The highest BCUT2D eigenvalue weighted by atomic mass is 19.1. The van der Waals surface area contributed by atoms with Crippen molar-refractivity contribution >= 4 is 0 Å². The number of rotatable bonds is 6. The van der Waals surface area contributed by atoms with Crippen LogP contribution in [-0.4, -0.2) is 0 Å². The van der Waals surface area contributed by atoms with Crippen LogP contribution in [0.3, 0.4) is 0 Å². The van der Waals surface area contributed by atoms with Gasteiger partial charge < -0.3 is 0 Å². The fourth-order valence-corrected chi connectivity index (χ4v) is 3.05. The molecule has 0 heterocycles. The van der Waals surface area contributed by atoms with Gasteiger partial charge >= 0.3 is 0 Å². The number of hydrogen-bond donors (Lipinski definition) is 0. The quantitative estimate of drug-likeness (QED) is 0.240. The lowest BCUT2D eigenvalue weighted by molar-refractivity contribution is 0.588.